The Bertz CT molecular complexity index is 700. The Labute approximate surface area is 127 Å². The van der Waals surface area contributed by atoms with Gasteiger partial charge in [-0.1, -0.05) is 23.2 Å². The summed E-state index contributed by atoms with van der Waals surface area (Å²) in [5.74, 6) is -0.0547. The van der Waals surface area contributed by atoms with Gasteiger partial charge in [0.25, 0.3) is 5.91 Å². The van der Waals surface area contributed by atoms with E-state index in [9.17, 15) is 4.79 Å². The van der Waals surface area contributed by atoms with E-state index in [1.165, 1.54) is 0 Å². The van der Waals surface area contributed by atoms with Crippen LogP contribution in [0, 0.1) is 6.92 Å². The van der Waals surface area contributed by atoms with Crippen LogP contribution in [0.25, 0.3) is 0 Å². The third-order valence-electron chi connectivity index (χ3n) is 3.53. The molecule has 1 aliphatic heterocycles. The summed E-state index contributed by atoms with van der Waals surface area (Å²) in [6, 6.07) is 5.33. The van der Waals surface area contributed by atoms with Gasteiger partial charge in [-0.25, -0.2) is 0 Å². The molecule has 3 rings (SSSR count). The summed E-state index contributed by atoms with van der Waals surface area (Å²) in [5.41, 5.74) is 3.43. The minimum atomic E-state index is -0.0547. The zero-order valence-electron chi connectivity index (χ0n) is 10.9. The summed E-state index contributed by atoms with van der Waals surface area (Å²) in [5, 5.41) is 0.896. The Morgan fingerprint density at radius 2 is 2.00 bits per heavy atom. The maximum absolute atomic E-state index is 12.6. The smallest absolute Gasteiger partial charge is 0.258 e. The maximum Gasteiger partial charge on any atom is 0.258 e. The van der Waals surface area contributed by atoms with Crippen molar-refractivity contribution in [3.05, 3.63) is 57.3 Å². The number of halogens is 2. The van der Waals surface area contributed by atoms with E-state index < -0.39 is 0 Å². The number of pyridine rings is 1. The monoisotopic (exact) mass is 306 g/mol. The largest absolute Gasteiger partial charge is 0.306 e. The van der Waals surface area contributed by atoms with Crippen LogP contribution in [0.15, 0.2) is 30.6 Å². The van der Waals surface area contributed by atoms with Crippen molar-refractivity contribution < 1.29 is 4.79 Å². The highest BCUT2D eigenvalue weighted by atomic mass is 35.5. The van der Waals surface area contributed by atoms with Gasteiger partial charge in [-0.05, 0) is 42.7 Å². The van der Waals surface area contributed by atoms with Crippen LogP contribution in [0.2, 0.25) is 10.0 Å². The molecule has 0 bridgehead atoms. The van der Waals surface area contributed by atoms with Crippen LogP contribution in [0.4, 0.5) is 5.69 Å². The first-order valence-corrected chi connectivity index (χ1v) is 7.04. The minimum Gasteiger partial charge on any atom is -0.306 e. The molecule has 0 aliphatic carbocycles. The van der Waals surface area contributed by atoms with Crippen molar-refractivity contribution in [2.75, 3.05) is 11.4 Å². The molecule has 0 spiro atoms. The number of hydrogen-bond acceptors (Lipinski definition) is 2. The van der Waals surface area contributed by atoms with Crippen molar-refractivity contribution in [3.63, 3.8) is 0 Å². The lowest BCUT2D eigenvalue weighted by Crippen LogP contribution is -2.38. The van der Waals surface area contributed by atoms with Crippen LogP contribution in [-0.2, 0) is 6.42 Å². The summed E-state index contributed by atoms with van der Waals surface area (Å²) in [6.45, 7) is 2.59. The molecular weight excluding hydrogens is 295 g/mol. The molecule has 1 aliphatic rings. The van der Waals surface area contributed by atoms with Gasteiger partial charge in [0.2, 0.25) is 0 Å². The highest BCUT2D eigenvalue weighted by Gasteiger charge is 2.27. The summed E-state index contributed by atoms with van der Waals surface area (Å²) >= 11 is 12.0. The second-order valence-electron chi connectivity index (χ2n) is 4.79. The Kier molecular flexibility index (Phi) is 3.40. The van der Waals surface area contributed by atoms with Gasteiger partial charge in [0, 0.05) is 18.3 Å². The lowest BCUT2D eigenvalue weighted by atomic mass is 9.98. The van der Waals surface area contributed by atoms with E-state index >= 15 is 0 Å². The van der Waals surface area contributed by atoms with Crippen LogP contribution in [0.1, 0.15) is 21.5 Å². The molecule has 5 heteroatoms. The number of amides is 1. The summed E-state index contributed by atoms with van der Waals surface area (Å²) < 4.78 is 0. The molecule has 3 nitrogen and oxygen atoms in total. The zero-order valence-corrected chi connectivity index (χ0v) is 12.4. The molecule has 0 saturated heterocycles. The Morgan fingerprint density at radius 3 is 2.75 bits per heavy atom. The number of benzene rings is 1. The Hall–Kier alpha value is -1.58. The first-order chi connectivity index (χ1) is 9.58. The van der Waals surface area contributed by atoms with Gasteiger partial charge in [-0.3, -0.25) is 9.78 Å². The fourth-order valence-corrected chi connectivity index (χ4v) is 2.79. The van der Waals surface area contributed by atoms with Crippen molar-refractivity contribution in [2.24, 2.45) is 0 Å². The van der Waals surface area contributed by atoms with Gasteiger partial charge in [0.15, 0.2) is 0 Å². The van der Waals surface area contributed by atoms with Gasteiger partial charge in [0.1, 0.15) is 0 Å². The van der Waals surface area contributed by atoms with Gasteiger partial charge in [0.05, 0.1) is 21.9 Å². The van der Waals surface area contributed by atoms with E-state index in [0.717, 1.165) is 23.2 Å². The average molecular weight is 307 g/mol. The number of carbonyl (C=O) groups is 1. The van der Waals surface area contributed by atoms with Crippen LogP contribution in [0.5, 0.6) is 0 Å². The summed E-state index contributed by atoms with van der Waals surface area (Å²) in [6.07, 6.45) is 4.19. The standard InChI is InChI=1S/C15H12Cl2N2O/c1-9-2-4-18-8-14(9)19-5-3-10-6-12(16)13(17)7-11(10)15(19)20/h2,4,6-8H,3,5H2,1H3. The molecule has 0 fully saturated rings. The normalized spacial score (nSPS) is 14.3. The van der Waals surface area contributed by atoms with E-state index in [1.807, 2.05) is 13.0 Å². The second kappa shape index (κ2) is 5.08. The minimum absolute atomic E-state index is 0.0547. The molecular formula is C15H12Cl2N2O. The number of carbonyl (C=O) groups excluding carboxylic acids is 1. The van der Waals surface area contributed by atoms with Crippen molar-refractivity contribution in [3.8, 4) is 0 Å². The molecule has 0 saturated carbocycles. The lowest BCUT2D eigenvalue weighted by Gasteiger charge is -2.29. The Morgan fingerprint density at radius 1 is 1.25 bits per heavy atom. The molecule has 1 aromatic carbocycles. The number of aromatic nitrogens is 1. The lowest BCUT2D eigenvalue weighted by molar-refractivity contribution is 0.0980. The maximum atomic E-state index is 12.6. The van der Waals surface area contributed by atoms with E-state index in [4.69, 9.17) is 23.2 Å². The summed E-state index contributed by atoms with van der Waals surface area (Å²) in [4.78, 5) is 18.5. The molecule has 1 amide bonds. The molecule has 0 radical (unpaired) electrons. The van der Waals surface area contributed by atoms with Crippen molar-refractivity contribution in [1.82, 2.24) is 4.98 Å². The number of rotatable bonds is 1. The van der Waals surface area contributed by atoms with Gasteiger partial charge in [-0.2, -0.15) is 0 Å². The third kappa shape index (κ3) is 2.17. The topological polar surface area (TPSA) is 33.2 Å². The SMILES string of the molecule is Cc1ccncc1N1CCc2cc(Cl)c(Cl)cc2C1=O. The third-order valence-corrected chi connectivity index (χ3v) is 4.25. The highest BCUT2D eigenvalue weighted by Crippen LogP contribution is 2.31. The van der Waals surface area contributed by atoms with Crippen LogP contribution < -0.4 is 4.90 Å². The van der Waals surface area contributed by atoms with Crippen molar-refractivity contribution in [1.29, 1.82) is 0 Å². The van der Waals surface area contributed by atoms with Gasteiger partial charge in [-0.15, -0.1) is 0 Å². The van der Waals surface area contributed by atoms with Crippen molar-refractivity contribution >= 4 is 34.8 Å². The van der Waals surface area contributed by atoms with E-state index in [1.54, 1.807) is 29.4 Å². The fourth-order valence-electron chi connectivity index (χ4n) is 2.44. The van der Waals surface area contributed by atoms with E-state index in [0.29, 0.717) is 22.2 Å². The van der Waals surface area contributed by atoms with Gasteiger partial charge >= 0.3 is 0 Å². The molecule has 0 unspecified atom stereocenters. The van der Waals surface area contributed by atoms with Crippen molar-refractivity contribution in [2.45, 2.75) is 13.3 Å². The average Bonchev–Trinajstić information content (AvgIpc) is 2.43. The first kappa shape index (κ1) is 13.4. The zero-order chi connectivity index (χ0) is 14.3. The number of anilines is 1. The van der Waals surface area contributed by atoms with E-state index in [-0.39, 0.29) is 5.91 Å². The molecule has 0 atom stereocenters. The molecule has 20 heavy (non-hydrogen) atoms. The summed E-state index contributed by atoms with van der Waals surface area (Å²) in [7, 11) is 0. The number of nitrogens with zero attached hydrogens (tertiary/aromatic N) is 2. The predicted octanol–water partition coefficient (Wildman–Crippen LogP) is 3.90. The fraction of sp³-hybridized carbons (Fsp3) is 0.200. The number of fused-ring (bicyclic) bond motifs is 1. The number of aryl methyl sites for hydroxylation is 1. The molecule has 1 aromatic heterocycles. The van der Waals surface area contributed by atoms with Crippen LogP contribution in [-0.4, -0.2) is 17.4 Å². The van der Waals surface area contributed by atoms with Crippen LogP contribution in [0.3, 0.4) is 0 Å². The molecule has 2 heterocycles. The highest BCUT2D eigenvalue weighted by molar-refractivity contribution is 6.42. The van der Waals surface area contributed by atoms with Gasteiger partial charge < -0.3 is 4.90 Å². The quantitative estimate of drug-likeness (QED) is 0.800. The molecule has 0 N–H and O–H groups in total. The van der Waals surface area contributed by atoms with Crippen LogP contribution >= 0.6 is 23.2 Å². The molecule has 2 aromatic rings. The number of hydrogen-bond donors (Lipinski definition) is 0. The second-order valence-corrected chi connectivity index (χ2v) is 5.61. The van der Waals surface area contributed by atoms with E-state index in [2.05, 4.69) is 4.98 Å². The molecule has 102 valence electrons. The predicted molar refractivity (Wildman–Crippen MR) is 80.8 cm³/mol. The Balaban J connectivity index is 2.05. The first-order valence-electron chi connectivity index (χ1n) is 6.28.